The fourth-order valence-electron chi connectivity index (χ4n) is 2.88. The molecule has 10 atom stereocenters. The topological polar surface area (TPSA) is 237 Å². The van der Waals surface area contributed by atoms with E-state index in [-0.39, 0.29) is 0 Å². The van der Waals surface area contributed by atoms with E-state index in [9.17, 15) is 30.6 Å². The second kappa shape index (κ2) is 9.73. The number of rotatable bonds is 6. The lowest BCUT2D eigenvalue weighted by Gasteiger charge is -2.44. The largest absolute Gasteiger partial charge is 0.394 e. The molecule has 27 heavy (non-hydrogen) atoms. The Kier molecular flexibility index (Phi) is 7.91. The summed E-state index contributed by atoms with van der Waals surface area (Å²) in [6, 6.07) is -2.66. The van der Waals surface area contributed by atoms with Crippen molar-refractivity contribution in [3.63, 3.8) is 0 Å². The van der Waals surface area contributed by atoms with Gasteiger partial charge in [0.15, 0.2) is 0 Å². The average molecular weight is 408 g/mol. The summed E-state index contributed by atoms with van der Waals surface area (Å²) >= 11 is 0.704. The second-order valence-electron chi connectivity index (χ2n) is 5.94. The highest BCUT2D eigenvalue weighted by Crippen LogP contribution is 2.37. The van der Waals surface area contributed by atoms with Crippen LogP contribution in [0.15, 0.2) is 10.2 Å². The molecule has 14 nitrogen and oxygen atoms in total. The van der Waals surface area contributed by atoms with Gasteiger partial charge in [0.2, 0.25) is 0 Å². The number of nitrogens with zero attached hydrogens (tertiary/aromatic N) is 6. The van der Waals surface area contributed by atoms with Gasteiger partial charge in [-0.1, -0.05) is 22.0 Å². The number of ether oxygens (including phenoxy) is 2. The van der Waals surface area contributed by atoms with E-state index < -0.39 is 72.8 Å². The molecule has 2 rings (SSSR count). The number of thioether (sulfide) groups is 1. The lowest BCUT2D eigenvalue weighted by molar-refractivity contribution is -0.170. The minimum Gasteiger partial charge on any atom is -0.394 e. The van der Waals surface area contributed by atoms with Crippen molar-refractivity contribution in [1.82, 2.24) is 0 Å². The van der Waals surface area contributed by atoms with E-state index in [0.29, 0.717) is 11.8 Å². The molecule has 2 saturated heterocycles. The molecular formula is C12H20N6O8S. The lowest BCUT2D eigenvalue weighted by Crippen LogP contribution is -2.60. The predicted molar refractivity (Wildman–Crippen MR) is 89.0 cm³/mol. The van der Waals surface area contributed by atoms with Gasteiger partial charge in [-0.2, -0.15) is 0 Å². The van der Waals surface area contributed by atoms with Crippen LogP contribution in [0.3, 0.4) is 0 Å². The molecule has 5 unspecified atom stereocenters. The van der Waals surface area contributed by atoms with Crippen LogP contribution in [0, 0.1) is 0 Å². The van der Waals surface area contributed by atoms with E-state index in [1.807, 2.05) is 0 Å². The van der Waals surface area contributed by atoms with Gasteiger partial charge in [0, 0.05) is 9.82 Å². The normalized spacial score (nSPS) is 44.8. The first-order valence-corrected chi connectivity index (χ1v) is 8.82. The van der Waals surface area contributed by atoms with Gasteiger partial charge in [-0.05, 0) is 11.1 Å². The number of aliphatic hydroxyl groups is 6. The average Bonchev–Trinajstić information content (AvgIpc) is 2.66. The Labute approximate surface area is 156 Å². The molecule has 2 fully saturated rings. The van der Waals surface area contributed by atoms with Crippen LogP contribution in [0.5, 0.6) is 0 Å². The van der Waals surface area contributed by atoms with Crippen LogP contribution in [0.1, 0.15) is 0 Å². The van der Waals surface area contributed by atoms with Crippen molar-refractivity contribution in [2.45, 2.75) is 59.6 Å². The van der Waals surface area contributed by atoms with Crippen molar-refractivity contribution in [2.75, 3.05) is 13.2 Å². The fraction of sp³-hybridized carbons (Fsp3) is 1.00. The minimum atomic E-state index is -1.52. The summed E-state index contributed by atoms with van der Waals surface area (Å²) in [5, 5.41) is 66.0. The van der Waals surface area contributed by atoms with Crippen LogP contribution < -0.4 is 0 Å². The summed E-state index contributed by atoms with van der Waals surface area (Å²) in [4.78, 5) is 5.11. The van der Waals surface area contributed by atoms with Crippen molar-refractivity contribution in [3.8, 4) is 0 Å². The smallest absolute Gasteiger partial charge is 0.132 e. The third kappa shape index (κ3) is 4.56. The van der Waals surface area contributed by atoms with Crippen molar-refractivity contribution in [3.05, 3.63) is 20.9 Å². The maximum atomic E-state index is 10.3. The van der Waals surface area contributed by atoms with E-state index in [1.165, 1.54) is 0 Å². The van der Waals surface area contributed by atoms with Gasteiger partial charge in [-0.15, -0.1) is 0 Å². The molecule has 2 heterocycles. The first-order valence-electron chi connectivity index (χ1n) is 7.88. The van der Waals surface area contributed by atoms with Crippen LogP contribution in [0.25, 0.3) is 20.9 Å². The lowest BCUT2D eigenvalue weighted by atomic mass is 9.98. The molecule has 152 valence electrons. The number of hydrogen-bond acceptors (Lipinski definition) is 11. The highest BCUT2D eigenvalue weighted by Gasteiger charge is 2.49. The molecule has 0 saturated carbocycles. The quantitative estimate of drug-likeness (QED) is 0.161. The summed E-state index contributed by atoms with van der Waals surface area (Å²) in [5.74, 6) is 0. The van der Waals surface area contributed by atoms with Crippen molar-refractivity contribution < 1.29 is 40.1 Å². The Morgan fingerprint density at radius 2 is 1.11 bits per heavy atom. The number of azide groups is 2. The molecule has 0 aromatic carbocycles. The molecule has 6 N–H and O–H groups in total. The Balaban J connectivity index is 2.21. The van der Waals surface area contributed by atoms with Crippen LogP contribution in [0.2, 0.25) is 0 Å². The molecule has 0 aromatic rings. The summed E-state index contributed by atoms with van der Waals surface area (Å²) in [6.07, 6.45) is -8.30. The number of aliphatic hydroxyl groups excluding tert-OH is 6. The van der Waals surface area contributed by atoms with Crippen LogP contribution in [-0.2, 0) is 9.47 Å². The zero-order valence-electron chi connectivity index (χ0n) is 13.8. The van der Waals surface area contributed by atoms with E-state index in [0.717, 1.165) is 0 Å². The van der Waals surface area contributed by atoms with Gasteiger partial charge in [0.05, 0.1) is 37.5 Å². The van der Waals surface area contributed by atoms with Crippen molar-refractivity contribution >= 4 is 11.8 Å². The maximum Gasteiger partial charge on any atom is 0.132 e. The molecule has 0 radical (unpaired) electrons. The Bertz CT molecular complexity index is 554. The first kappa shape index (κ1) is 21.9. The van der Waals surface area contributed by atoms with E-state index in [4.69, 9.17) is 20.5 Å². The van der Waals surface area contributed by atoms with Crippen LogP contribution in [-0.4, -0.2) is 103 Å². The van der Waals surface area contributed by atoms with Crippen LogP contribution >= 0.6 is 11.8 Å². The van der Waals surface area contributed by atoms with Gasteiger partial charge >= 0.3 is 0 Å². The van der Waals surface area contributed by atoms with E-state index in [1.54, 1.807) is 0 Å². The van der Waals surface area contributed by atoms with Gasteiger partial charge in [-0.3, -0.25) is 0 Å². The molecule has 0 aliphatic carbocycles. The second-order valence-corrected chi connectivity index (χ2v) is 7.14. The fourth-order valence-corrected chi connectivity index (χ4v) is 4.21. The molecular weight excluding hydrogens is 388 g/mol. The summed E-state index contributed by atoms with van der Waals surface area (Å²) in [7, 11) is 0. The minimum absolute atomic E-state index is 0.629. The summed E-state index contributed by atoms with van der Waals surface area (Å²) in [5.41, 5.74) is 14.8. The summed E-state index contributed by atoms with van der Waals surface area (Å²) in [6.45, 7) is -1.26. The van der Waals surface area contributed by atoms with Crippen LogP contribution in [0.4, 0.5) is 0 Å². The Morgan fingerprint density at radius 3 is 1.41 bits per heavy atom. The van der Waals surface area contributed by atoms with Crippen molar-refractivity contribution in [2.24, 2.45) is 10.2 Å². The molecule has 0 bridgehead atoms. The standard InChI is InChI=1S/C12H20N6O8S/c13-17-15-5-7(21)3(1-19)25-11(9(5)23)27-12-10(24)6(16-18-14)8(22)4(2-20)26-12/h3-12,19-24H,1-2H2/t3-,4?,5?,6?,7?,8+,9-,10?,11+,12+/m1/s1. The van der Waals surface area contributed by atoms with Gasteiger partial charge in [0.25, 0.3) is 0 Å². The van der Waals surface area contributed by atoms with Gasteiger partial charge in [0.1, 0.15) is 35.3 Å². The van der Waals surface area contributed by atoms with E-state index in [2.05, 4.69) is 20.1 Å². The van der Waals surface area contributed by atoms with Gasteiger partial charge in [-0.25, -0.2) is 0 Å². The third-order valence-electron chi connectivity index (χ3n) is 4.34. The highest BCUT2D eigenvalue weighted by molar-refractivity contribution is 8.00. The molecule has 0 aromatic heterocycles. The Morgan fingerprint density at radius 1 is 0.741 bits per heavy atom. The molecule has 0 amide bonds. The maximum absolute atomic E-state index is 10.3. The van der Waals surface area contributed by atoms with Gasteiger partial charge < -0.3 is 40.1 Å². The Hall–Kier alpha value is -1.35. The highest BCUT2D eigenvalue weighted by atomic mass is 32.2. The predicted octanol–water partition coefficient (Wildman–Crippen LogP) is -2.04. The first-order chi connectivity index (χ1) is 12.9. The third-order valence-corrected chi connectivity index (χ3v) is 5.65. The molecule has 15 heteroatoms. The molecule has 0 spiro atoms. The van der Waals surface area contributed by atoms with Crippen molar-refractivity contribution in [1.29, 1.82) is 0 Å². The van der Waals surface area contributed by atoms with E-state index >= 15 is 0 Å². The summed E-state index contributed by atoms with van der Waals surface area (Å²) < 4.78 is 10.8. The number of hydrogen-bond donors (Lipinski definition) is 6. The monoisotopic (exact) mass is 408 g/mol. The zero-order valence-corrected chi connectivity index (χ0v) is 14.6. The molecule has 2 aliphatic heterocycles. The molecule has 2 aliphatic rings. The SMILES string of the molecule is [N-]=[N+]=NC1C(O)[C@H](S[C@@H]2O[C@H](CO)C(O)C(N=[N+]=[N-])[C@H]2O)OC(CO)[C@@H]1O. The zero-order chi connectivity index (χ0) is 20.1.